The van der Waals surface area contributed by atoms with Crippen LogP contribution in [0.1, 0.15) is 32.3 Å². The van der Waals surface area contributed by atoms with Gasteiger partial charge < -0.3 is 20.3 Å². The van der Waals surface area contributed by atoms with Crippen molar-refractivity contribution >= 4 is 11.9 Å². The molecular weight excluding hydrogens is 316 g/mol. The second-order valence-corrected chi connectivity index (χ2v) is 6.46. The zero-order valence-electron chi connectivity index (χ0n) is 15.5. The Balaban J connectivity index is 1.82. The van der Waals surface area contributed by atoms with Gasteiger partial charge in [0.15, 0.2) is 5.96 Å². The molecule has 6 nitrogen and oxygen atoms in total. The molecule has 138 valence electrons. The molecule has 0 atom stereocenters. The Morgan fingerprint density at radius 3 is 2.52 bits per heavy atom. The van der Waals surface area contributed by atoms with E-state index in [9.17, 15) is 4.79 Å². The Morgan fingerprint density at radius 1 is 1.24 bits per heavy atom. The summed E-state index contributed by atoms with van der Waals surface area (Å²) in [5, 5.41) is 6.20. The van der Waals surface area contributed by atoms with Crippen molar-refractivity contribution in [3.05, 3.63) is 29.8 Å². The van der Waals surface area contributed by atoms with Gasteiger partial charge in [-0.15, -0.1) is 0 Å². The molecule has 0 saturated carbocycles. The van der Waals surface area contributed by atoms with Crippen molar-refractivity contribution in [1.29, 1.82) is 0 Å². The fourth-order valence-corrected chi connectivity index (χ4v) is 2.79. The van der Waals surface area contributed by atoms with Crippen molar-refractivity contribution < 1.29 is 9.53 Å². The Bertz CT molecular complexity index is 563. The highest BCUT2D eigenvalue weighted by molar-refractivity contribution is 5.85. The minimum atomic E-state index is -0.0726. The first-order chi connectivity index (χ1) is 12.1. The van der Waals surface area contributed by atoms with Gasteiger partial charge in [0.2, 0.25) is 5.91 Å². The number of methoxy groups -OCH3 is 1. The molecule has 1 aliphatic rings. The molecule has 1 aromatic rings. The molecule has 1 saturated heterocycles. The number of aliphatic imine (C=N–C) groups is 1. The Morgan fingerprint density at radius 2 is 1.92 bits per heavy atom. The number of ether oxygens (including phenoxy) is 1. The van der Waals surface area contributed by atoms with E-state index in [1.807, 2.05) is 31.2 Å². The van der Waals surface area contributed by atoms with Crippen molar-refractivity contribution in [1.82, 2.24) is 15.5 Å². The highest BCUT2D eigenvalue weighted by atomic mass is 16.5. The van der Waals surface area contributed by atoms with Crippen LogP contribution in [0.25, 0.3) is 0 Å². The first-order valence-electron chi connectivity index (χ1n) is 9.05. The standard InChI is InChI=1S/C19H30N4O2/c1-4-20-19(23-11-9-15(2)10-12-23)22-14-18(24)21-13-16-5-7-17(25-3)8-6-16/h5-8,15H,4,9-14H2,1-3H3,(H,20,22)(H,21,24). The molecule has 1 fully saturated rings. The number of nitrogens with one attached hydrogen (secondary N) is 2. The molecule has 0 aliphatic carbocycles. The summed E-state index contributed by atoms with van der Waals surface area (Å²) < 4.78 is 5.13. The van der Waals surface area contributed by atoms with Crippen LogP contribution in [-0.4, -0.2) is 50.1 Å². The molecule has 1 aliphatic heterocycles. The first-order valence-corrected chi connectivity index (χ1v) is 9.05. The van der Waals surface area contributed by atoms with E-state index < -0.39 is 0 Å². The summed E-state index contributed by atoms with van der Waals surface area (Å²) in [5.74, 6) is 2.35. The SMILES string of the molecule is CCNC(=NCC(=O)NCc1ccc(OC)cc1)N1CCC(C)CC1. The van der Waals surface area contributed by atoms with Crippen LogP contribution in [0.3, 0.4) is 0 Å². The molecule has 0 bridgehead atoms. The van der Waals surface area contributed by atoms with E-state index in [-0.39, 0.29) is 12.5 Å². The Labute approximate surface area is 150 Å². The van der Waals surface area contributed by atoms with Crippen molar-refractivity contribution in [3.63, 3.8) is 0 Å². The number of nitrogens with zero attached hydrogens (tertiary/aromatic N) is 2. The topological polar surface area (TPSA) is 66.0 Å². The van der Waals surface area contributed by atoms with Gasteiger partial charge in [0.05, 0.1) is 7.11 Å². The van der Waals surface area contributed by atoms with Crippen molar-refractivity contribution in [2.75, 3.05) is 33.3 Å². The van der Waals surface area contributed by atoms with Crippen LogP contribution < -0.4 is 15.4 Å². The molecule has 1 heterocycles. The fraction of sp³-hybridized carbons (Fsp3) is 0.579. The van der Waals surface area contributed by atoms with Gasteiger partial charge >= 0.3 is 0 Å². The second kappa shape index (κ2) is 9.91. The number of hydrogen-bond donors (Lipinski definition) is 2. The van der Waals surface area contributed by atoms with E-state index in [4.69, 9.17) is 4.74 Å². The molecule has 0 radical (unpaired) electrons. The molecule has 6 heteroatoms. The number of benzene rings is 1. The number of rotatable bonds is 6. The van der Waals surface area contributed by atoms with Crippen molar-refractivity contribution in [2.45, 2.75) is 33.2 Å². The number of amides is 1. The lowest BCUT2D eigenvalue weighted by Crippen LogP contribution is -2.45. The summed E-state index contributed by atoms with van der Waals surface area (Å²) in [5.41, 5.74) is 1.04. The summed E-state index contributed by atoms with van der Waals surface area (Å²) in [6.45, 7) is 7.78. The maximum Gasteiger partial charge on any atom is 0.242 e. The molecule has 2 N–H and O–H groups in total. The average molecular weight is 346 g/mol. The average Bonchev–Trinajstić information content (AvgIpc) is 2.64. The fourth-order valence-electron chi connectivity index (χ4n) is 2.79. The largest absolute Gasteiger partial charge is 0.497 e. The Kier molecular flexibility index (Phi) is 7.57. The molecular formula is C19H30N4O2. The number of hydrogen-bond acceptors (Lipinski definition) is 3. The maximum absolute atomic E-state index is 12.1. The van der Waals surface area contributed by atoms with Crippen molar-refractivity contribution in [3.8, 4) is 5.75 Å². The number of carbonyl (C=O) groups is 1. The Hall–Kier alpha value is -2.24. The minimum absolute atomic E-state index is 0.0726. The van der Waals surface area contributed by atoms with Crippen LogP contribution in [0.5, 0.6) is 5.75 Å². The van der Waals surface area contributed by atoms with Crippen LogP contribution in [0.15, 0.2) is 29.3 Å². The molecule has 1 aromatic carbocycles. The van der Waals surface area contributed by atoms with Gasteiger partial charge in [-0.1, -0.05) is 19.1 Å². The first kappa shape index (κ1) is 19.1. The number of likely N-dealkylation sites (tertiary alicyclic amines) is 1. The van der Waals surface area contributed by atoms with Gasteiger partial charge in [0.1, 0.15) is 12.3 Å². The van der Waals surface area contributed by atoms with Gasteiger partial charge in [-0.25, -0.2) is 4.99 Å². The molecule has 0 unspecified atom stereocenters. The van der Waals surface area contributed by atoms with E-state index in [1.54, 1.807) is 7.11 Å². The lowest BCUT2D eigenvalue weighted by Gasteiger charge is -2.32. The minimum Gasteiger partial charge on any atom is -0.497 e. The van der Waals surface area contributed by atoms with Crippen LogP contribution in [0.2, 0.25) is 0 Å². The molecule has 2 rings (SSSR count). The normalized spacial score (nSPS) is 15.8. The third-order valence-corrected chi connectivity index (χ3v) is 4.44. The predicted octanol–water partition coefficient (Wildman–Crippen LogP) is 2.01. The smallest absolute Gasteiger partial charge is 0.242 e. The zero-order valence-corrected chi connectivity index (χ0v) is 15.5. The quantitative estimate of drug-likeness (QED) is 0.611. The van der Waals surface area contributed by atoms with Crippen LogP contribution in [0, 0.1) is 5.92 Å². The number of piperidine rings is 1. The van der Waals surface area contributed by atoms with E-state index >= 15 is 0 Å². The van der Waals surface area contributed by atoms with Crippen LogP contribution in [-0.2, 0) is 11.3 Å². The lowest BCUT2D eigenvalue weighted by atomic mass is 10.00. The molecule has 25 heavy (non-hydrogen) atoms. The van der Waals surface area contributed by atoms with E-state index in [0.29, 0.717) is 6.54 Å². The van der Waals surface area contributed by atoms with Gasteiger partial charge in [-0.2, -0.15) is 0 Å². The summed E-state index contributed by atoms with van der Waals surface area (Å²) in [7, 11) is 1.64. The van der Waals surface area contributed by atoms with Crippen LogP contribution >= 0.6 is 0 Å². The highest BCUT2D eigenvalue weighted by Gasteiger charge is 2.18. The van der Waals surface area contributed by atoms with Gasteiger partial charge in [-0.3, -0.25) is 4.79 Å². The number of carbonyl (C=O) groups excluding carboxylic acids is 1. The predicted molar refractivity (Wildman–Crippen MR) is 101 cm³/mol. The lowest BCUT2D eigenvalue weighted by molar-refractivity contribution is -0.119. The summed E-state index contributed by atoms with van der Waals surface area (Å²) in [6, 6.07) is 7.67. The van der Waals surface area contributed by atoms with Gasteiger partial charge in [0, 0.05) is 26.2 Å². The van der Waals surface area contributed by atoms with Crippen LogP contribution in [0.4, 0.5) is 0 Å². The monoisotopic (exact) mass is 346 g/mol. The van der Waals surface area contributed by atoms with Gasteiger partial charge in [-0.05, 0) is 43.4 Å². The summed E-state index contributed by atoms with van der Waals surface area (Å²) >= 11 is 0. The van der Waals surface area contributed by atoms with E-state index in [0.717, 1.165) is 42.8 Å². The van der Waals surface area contributed by atoms with Crippen molar-refractivity contribution in [2.24, 2.45) is 10.9 Å². The zero-order chi connectivity index (χ0) is 18.1. The van der Waals surface area contributed by atoms with Gasteiger partial charge in [0.25, 0.3) is 0 Å². The highest BCUT2D eigenvalue weighted by Crippen LogP contribution is 2.16. The summed E-state index contributed by atoms with van der Waals surface area (Å²) in [4.78, 5) is 18.8. The van der Waals surface area contributed by atoms with E-state index in [2.05, 4.69) is 27.4 Å². The second-order valence-electron chi connectivity index (χ2n) is 6.46. The third kappa shape index (κ3) is 6.29. The molecule has 1 amide bonds. The maximum atomic E-state index is 12.1. The molecule has 0 aromatic heterocycles. The third-order valence-electron chi connectivity index (χ3n) is 4.44. The van der Waals surface area contributed by atoms with E-state index in [1.165, 1.54) is 12.8 Å². The molecule has 0 spiro atoms. The number of guanidine groups is 1. The summed E-state index contributed by atoms with van der Waals surface area (Å²) in [6.07, 6.45) is 2.35.